The Labute approximate surface area is 288 Å². The van der Waals surface area contributed by atoms with E-state index in [9.17, 15) is 115 Å². The zero-order valence-electron chi connectivity index (χ0n) is 25.5. The summed E-state index contributed by atoms with van der Waals surface area (Å²) in [5.41, 5.74) is 0. The third kappa shape index (κ3) is 8.79. The van der Waals surface area contributed by atoms with Crippen molar-refractivity contribution in [3.63, 3.8) is 0 Å². The summed E-state index contributed by atoms with van der Waals surface area (Å²) in [4.78, 5) is 8.24. The number of hydrogen-bond acceptors (Lipinski definition) is 1. The van der Waals surface area contributed by atoms with Crippen LogP contribution in [0, 0.1) is 0 Å². The summed E-state index contributed by atoms with van der Waals surface area (Å²) in [6.45, 7) is 0. The molecule has 0 heterocycles. The van der Waals surface area contributed by atoms with E-state index in [-0.39, 0.29) is 25.7 Å². The van der Waals surface area contributed by atoms with Crippen LogP contribution in [-0.2, 0) is 4.79 Å². The molecular formula is C25H24BrF25O2. The van der Waals surface area contributed by atoms with Crippen LogP contribution in [-0.4, -0.2) is 87.2 Å². The van der Waals surface area contributed by atoms with Gasteiger partial charge in [-0.3, -0.25) is 4.79 Å². The third-order valence-electron chi connectivity index (χ3n) is 7.50. The molecule has 0 bridgehead atoms. The number of carbonyl (C=O) groups is 1. The van der Waals surface area contributed by atoms with Gasteiger partial charge in [0.15, 0.2) is 0 Å². The normalized spacial score (nSPS) is 16.3. The van der Waals surface area contributed by atoms with Crippen molar-refractivity contribution in [2.45, 2.75) is 147 Å². The Bertz CT molecular complexity index is 1210. The van der Waals surface area contributed by atoms with Gasteiger partial charge in [0.2, 0.25) is 0 Å². The maximum absolute atomic E-state index is 14.2. The van der Waals surface area contributed by atoms with Gasteiger partial charge in [-0.15, -0.1) is 0 Å². The summed E-state index contributed by atoms with van der Waals surface area (Å²) in [5.74, 6) is -99.2. The number of aliphatic carboxylic acids is 1. The second kappa shape index (κ2) is 16.0. The molecule has 2 nitrogen and oxygen atoms in total. The van der Waals surface area contributed by atoms with E-state index in [0.717, 1.165) is 0 Å². The lowest BCUT2D eigenvalue weighted by molar-refractivity contribution is -0.482. The molecule has 28 heteroatoms. The molecule has 0 fully saturated rings. The van der Waals surface area contributed by atoms with Crippen LogP contribution >= 0.6 is 15.9 Å². The Balaban J connectivity index is 6.31. The first kappa shape index (κ1) is 51.2. The first-order valence-electron chi connectivity index (χ1n) is 14.1. The van der Waals surface area contributed by atoms with Gasteiger partial charge < -0.3 is 5.11 Å². The highest BCUT2D eigenvalue weighted by Gasteiger charge is 2.99. The van der Waals surface area contributed by atoms with E-state index in [1.807, 2.05) is 0 Å². The molecule has 53 heavy (non-hydrogen) atoms. The molecule has 0 spiro atoms. The van der Waals surface area contributed by atoms with Crippen LogP contribution in [0.2, 0.25) is 0 Å². The topological polar surface area (TPSA) is 37.3 Å². The smallest absolute Gasteiger partial charge is 0.460 e. The minimum Gasteiger partial charge on any atom is -0.481 e. The monoisotopic (exact) mass is 910 g/mol. The van der Waals surface area contributed by atoms with Crippen LogP contribution in [0.3, 0.4) is 0 Å². The average molecular weight is 911 g/mol. The first-order chi connectivity index (χ1) is 23.1. The number of halogens is 26. The van der Waals surface area contributed by atoms with Gasteiger partial charge in [0.05, 0.1) is 0 Å². The zero-order chi connectivity index (χ0) is 42.9. The molecule has 0 amide bonds. The molecule has 0 aromatic heterocycles. The Morgan fingerprint density at radius 3 is 0.925 bits per heavy atom. The highest BCUT2D eigenvalue weighted by atomic mass is 79.9. The van der Waals surface area contributed by atoms with Gasteiger partial charge in [-0.25, -0.2) is 0 Å². The highest BCUT2D eigenvalue weighted by Crippen LogP contribution is 2.68. The van der Waals surface area contributed by atoms with E-state index in [0.29, 0.717) is 32.1 Å². The maximum atomic E-state index is 14.2. The maximum Gasteiger partial charge on any atom is 0.460 e. The molecule has 0 saturated heterocycles. The molecule has 0 radical (unpaired) electrons. The molecule has 318 valence electrons. The van der Waals surface area contributed by atoms with E-state index in [1.54, 1.807) is 0 Å². The van der Waals surface area contributed by atoms with Crippen molar-refractivity contribution in [3.05, 3.63) is 0 Å². The third-order valence-corrected chi connectivity index (χ3v) is 8.28. The second-order valence-electron chi connectivity index (χ2n) is 11.5. The van der Waals surface area contributed by atoms with Gasteiger partial charge in [0.1, 0.15) is 0 Å². The van der Waals surface area contributed by atoms with Crippen molar-refractivity contribution >= 4 is 21.9 Å². The number of alkyl halides is 26. The van der Waals surface area contributed by atoms with E-state index in [1.165, 1.54) is 0 Å². The van der Waals surface area contributed by atoms with Crippen LogP contribution in [0.4, 0.5) is 110 Å². The van der Waals surface area contributed by atoms with E-state index in [2.05, 4.69) is 15.9 Å². The van der Waals surface area contributed by atoms with Gasteiger partial charge in [0, 0.05) is 17.7 Å². The van der Waals surface area contributed by atoms with Crippen LogP contribution in [0.25, 0.3) is 0 Å². The van der Waals surface area contributed by atoms with Crippen molar-refractivity contribution in [1.29, 1.82) is 0 Å². The number of carboxylic acid groups (broad SMARTS) is 1. The fraction of sp³-hybridized carbons (Fsp3) is 0.960. The van der Waals surface area contributed by atoms with Gasteiger partial charge in [0.25, 0.3) is 0 Å². The molecule has 0 aliphatic heterocycles. The predicted molar refractivity (Wildman–Crippen MR) is 132 cm³/mol. The molecule has 1 N–H and O–H groups in total. The minimum absolute atomic E-state index is 0.0758. The number of rotatable bonds is 23. The summed E-state index contributed by atoms with van der Waals surface area (Å²) in [6.07, 6.45) is -9.34. The summed E-state index contributed by atoms with van der Waals surface area (Å²) >= 11 is 2.23. The van der Waals surface area contributed by atoms with Crippen molar-refractivity contribution in [2.24, 2.45) is 0 Å². The predicted octanol–water partition coefficient (Wildman–Crippen LogP) is 12.7. The Morgan fingerprint density at radius 1 is 0.396 bits per heavy atom. The van der Waals surface area contributed by atoms with Crippen LogP contribution in [0.15, 0.2) is 0 Å². The van der Waals surface area contributed by atoms with Gasteiger partial charge in [-0.1, -0.05) is 60.9 Å². The zero-order valence-corrected chi connectivity index (χ0v) is 27.1. The summed E-state index contributed by atoms with van der Waals surface area (Å²) in [6, 6.07) is 0. The molecule has 0 rings (SSSR count). The summed E-state index contributed by atoms with van der Waals surface area (Å²) in [5, 5.41) is 8.49. The van der Waals surface area contributed by atoms with Crippen molar-refractivity contribution in [2.75, 3.05) is 0 Å². The average Bonchev–Trinajstić information content (AvgIpc) is 2.95. The van der Waals surface area contributed by atoms with Crippen molar-refractivity contribution in [1.82, 2.24) is 0 Å². The van der Waals surface area contributed by atoms with E-state index >= 15 is 0 Å². The van der Waals surface area contributed by atoms with Crippen molar-refractivity contribution < 1.29 is 120 Å². The lowest BCUT2D eigenvalue weighted by Gasteiger charge is -2.45. The van der Waals surface area contributed by atoms with E-state index in [4.69, 9.17) is 5.11 Å². The van der Waals surface area contributed by atoms with Gasteiger partial charge >= 0.3 is 77.3 Å². The van der Waals surface area contributed by atoms with Crippen LogP contribution in [0.1, 0.15) is 70.6 Å². The van der Waals surface area contributed by atoms with Gasteiger partial charge in [-0.2, -0.15) is 110 Å². The van der Waals surface area contributed by atoms with E-state index < -0.39 is 95.0 Å². The van der Waals surface area contributed by atoms with Crippen LogP contribution in [0.5, 0.6) is 0 Å². The highest BCUT2D eigenvalue weighted by molar-refractivity contribution is 9.09. The molecule has 0 aromatic carbocycles. The minimum atomic E-state index is -9.60. The van der Waals surface area contributed by atoms with Crippen LogP contribution < -0.4 is 0 Å². The molecule has 0 aliphatic rings. The standard InChI is InChI=1S/C25H24BrF25O2/c26-12(9-7-5-3-1-2-4-6-8-10-13(52)53)11-14(27,28)15(29,30)16(31,32)17(33,34)18(35,36)19(37,38)20(39,40)21(41,42)22(43,44)23(45,46)24(47,48)25(49,50)51/h12H,1-11H2,(H,52,53). The number of hydrogen-bond donors (Lipinski definition) is 1. The van der Waals surface area contributed by atoms with Crippen molar-refractivity contribution in [3.8, 4) is 0 Å². The first-order valence-corrected chi connectivity index (χ1v) is 15.1. The summed E-state index contributed by atoms with van der Waals surface area (Å²) in [7, 11) is 0. The molecule has 0 saturated carbocycles. The second-order valence-corrected chi connectivity index (χ2v) is 12.8. The molecule has 0 aliphatic carbocycles. The van der Waals surface area contributed by atoms with Gasteiger partial charge in [-0.05, 0) is 12.8 Å². The molecule has 1 atom stereocenters. The molecular weight excluding hydrogens is 887 g/mol. The SMILES string of the molecule is O=C(O)CCCCCCCCCCC(Br)CC(F)(F)C(F)(F)C(F)(F)C(F)(F)C(F)(F)C(F)(F)C(F)(F)C(F)(F)C(F)(F)C(F)(F)C(F)(F)C(F)(F)F. The Morgan fingerprint density at radius 2 is 0.642 bits per heavy atom. The lowest BCUT2D eigenvalue weighted by atomic mass is 9.84. The summed E-state index contributed by atoms with van der Waals surface area (Å²) < 4.78 is 340. The lowest BCUT2D eigenvalue weighted by Crippen LogP contribution is -2.78. The Hall–Kier alpha value is -1.80. The Kier molecular flexibility index (Phi) is 15.4. The quantitative estimate of drug-likeness (QED) is 0.0630. The molecule has 1 unspecified atom stereocenters. The number of carboxylic acids is 1. The fourth-order valence-corrected chi connectivity index (χ4v) is 4.93. The fourth-order valence-electron chi connectivity index (χ4n) is 4.20. The number of unbranched alkanes of at least 4 members (excludes halogenated alkanes) is 7. The molecule has 0 aromatic rings. The largest absolute Gasteiger partial charge is 0.481 e.